The fourth-order valence-corrected chi connectivity index (χ4v) is 11.4. The van der Waals surface area contributed by atoms with Crippen LogP contribution in [-0.2, 0) is 0 Å². The Bertz CT molecular complexity index is 3530. The van der Waals surface area contributed by atoms with Gasteiger partial charge in [0.2, 0.25) is 0 Å². The Balaban J connectivity index is 0.940. The number of rotatable bonds is 8. The summed E-state index contributed by atoms with van der Waals surface area (Å²) in [6, 6.07) is 86.6. The number of thiophene rings is 2. The maximum atomic E-state index is 2.38. The smallest absolute Gasteiger partial charge is 0.0462 e. The number of fused-ring (bicyclic) bond motifs is 6. The molecule has 2 heterocycles. The Labute approximate surface area is 375 Å². The van der Waals surface area contributed by atoms with Crippen molar-refractivity contribution >= 4 is 80.1 Å². The standard InChI is InChI=1S/C60H39NS2/c1-3-12-40(13-4-1)46-36-47(41-14-5-2-6-15-41)38-48(37-46)43-24-31-50(32-25-43)61(49-29-22-42(23-30-49)45-28-35-59-56(39-45)54-17-8-9-20-57(54)62-59)51-33-26-44(27-34-51)52-18-11-19-55-53-16-7-10-21-58(53)63-60(52)55/h1-39H. The molecule has 0 atom stereocenters. The first-order valence-corrected chi connectivity index (χ1v) is 23.0. The lowest BCUT2D eigenvalue weighted by Gasteiger charge is -2.26. The summed E-state index contributed by atoms with van der Waals surface area (Å²) >= 11 is 3.74. The fraction of sp³-hybridized carbons (Fsp3) is 0. The van der Waals surface area contributed by atoms with Crippen LogP contribution in [0.1, 0.15) is 0 Å². The summed E-state index contributed by atoms with van der Waals surface area (Å²) in [5.74, 6) is 0. The monoisotopic (exact) mass is 837 g/mol. The molecule has 0 radical (unpaired) electrons. The first-order chi connectivity index (χ1) is 31.2. The highest BCUT2D eigenvalue weighted by atomic mass is 32.1. The molecule has 0 fully saturated rings. The van der Waals surface area contributed by atoms with Crippen molar-refractivity contribution in [2.24, 2.45) is 0 Å². The van der Waals surface area contributed by atoms with Gasteiger partial charge in [-0.05, 0) is 134 Å². The molecule has 0 aliphatic rings. The van der Waals surface area contributed by atoms with E-state index in [1.807, 2.05) is 22.7 Å². The molecule has 0 bridgehead atoms. The molecule has 10 aromatic carbocycles. The lowest BCUT2D eigenvalue weighted by Crippen LogP contribution is -2.09. The molecule has 0 unspecified atom stereocenters. The molecular formula is C60H39NS2. The van der Waals surface area contributed by atoms with E-state index in [1.54, 1.807) is 0 Å². The van der Waals surface area contributed by atoms with Crippen LogP contribution in [0, 0.1) is 0 Å². The van der Waals surface area contributed by atoms with Gasteiger partial charge in [-0.2, -0.15) is 0 Å². The van der Waals surface area contributed by atoms with Crippen LogP contribution in [0.25, 0.3) is 96.0 Å². The van der Waals surface area contributed by atoms with Gasteiger partial charge in [-0.3, -0.25) is 0 Å². The number of anilines is 3. The molecule has 0 N–H and O–H groups in total. The number of benzene rings is 10. The minimum atomic E-state index is 1.10. The lowest BCUT2D eigenvalue weighted by atomic mass is 9.93. The third-order valence-electron chi connectivity index (χ3n) is 12.3. The first kappa shape index (κ1) is 37.2. The van der Waals surface area contributed by atoms with Crippen LogP contribution in [-0.4, -0.2) is 0 Å². The summed E-state index contributed by atoms with van der Waals surface area (Å²) in [6.07, 6.45) is 0. The van der Waals surface area contributed by atoms with Crippen LogP contribution in [0.15, 0.2) is 237 Å². The summed E-state index contributed by atoms with van der Waals surface area (Å²) in [4.78, 5) is 2.38. The molecule has 12 rings (SSSR count). The van der Waals surface area contributed by atoms with E-state index >= 15 is 0 Å². The maximum absolute atomic E-state index is 2.38. The highest BCUT2D eigenvalue weighted by Crippen LogP contribution is 2.43. The number of nitrogens with zero attached hydrogens (tertiary/aromatic N) is 1. The van der Waals surface area contributed by atoms with Gasteiger partial charge >= 0.3 is 0 Å². The summed E-state index contributed by atoms with van der Waals surface area (Å²) in [5.41, 5.74) is 15.4. The van der Waals surface area contributed by atoms with Crippen LogP contribution in [0.5, 0.6) is 0 Å². The van der Waals surface area contributed by atoms with Gasteiger partial charge in [0, 0.05) is 57.4 Å². The molecule has 296 valence electrons. The average Bonchev–Trinajstić information content (AvgIpc) is 3.94. The highest BCUT2D eigenvalue weighted by Gasteiger charge is 2.17. The van der Waals surface area contributed by atoms with Gasteiger partial charge in [0.15, 0.2) is 0 Å². The van der Waals surface area contributed by atoms with Crippen molar-refractivity contribution in [2.75, 3.05) is 4.90 Å². The van der Waals surface area contributed by atoms with Crippen molar-refractivity contribution in [2.45, 2.75) is 0 Å². The van der Waals surface area contributed by atoms with E-state index < -0.39 is 0 Å². The van der Waals surface area contributed by atoms with E-state index in [-0.39, 0.29) is 0 Å². The minimum Gasteiger partial charge on any atom is -0.311 e. The first-order valence-electron chi connectivity index (χ1n) is 21.4. The Kier molecular flexibility index (Phi) is 9.29. The molecule has 1 nitrogen and oxygen atoms in total. The van der Waals surface area contributed by atoms with E-state index in [9.17, 15) is 0 Å². The van der Waals surface area contributed by atoms with Crippen LogP contribution in [0.3, 0.4) is 0 Å². The Morgan fingerprint density at radius 2 is 0.651 bits per heavy atom. The van der Waals surface area contributed by atoms with Crippen molar-refractivity contribution in [1.82, 2.24) is 0 Å². The quantitative estimate of drug-likeness (QED) is 0.147. The molecule has 12 aromatic rings. The second-order valence-electron chi connectivity index (χ2n) is 16.1. The van der Waals surface area contributed by atoms with Crippen molar-refractivity contribution in [3.05, 3.63) is 237 Å². The third-order valence-corrected chi connectivity index (χ3v) is 14.7. The zero-order chi connectivity index (χ0) is 41.7. The molecule has 0 aliphatic heterocycles. The highest BCUT2D eigenvalue weighted by molar-refractivity contribution is 7.26. The zero-order valence-electron chi connectivity index (χ0n) is 34.3. The topological polar surface area (TPSA) is 3.24 Å². The van der Waals surface area contributed by atoms with Gasteiger partial charge in [-0.25, -0.2) is 0 Å². The van der Waals surface area contributed by atoms with Crippen LogP contribution >= 0.6 is 22.7 Å². The largest absolute Gasteiger partial charge is 0.311 e. The Morgan fingerprint density at radius 1 is 0.238 bits per heavy atom. The fourth-order valence-electron chi connectivity index (χ4n) is 9.11. The molecule has 0 spiro atoms. The van der Waals surface area contributed by atoms with Gasteiger partial charge in [0.25, 0.3) is 0 Å². The summed E-state index contributed by atoms with van der Waals surface area (Å²) in [6.45, 7) is 0. The predicted molar refractivity (Wildman–Crippen MR) is 274 cm³/mol. The molecule has 0 saturated heterocycles. The van der Waals surface area contributed by atoms with Gasteiger partial charge in [0.05, 0.1) is 0 Å². The molecule has 63 heavy (non-hydrogen) atoms. The molecular weight excluding hydrogens is 799 g/mol. The van der Waals surface area contributed by atoms with E-state index in [4.69, 9.17) is 0 Å². The summed E-state index contributed by atoms with van der Waals surface area (Å²) < 4.78 is 5.30. The van der Waals surface area contributed by atoms with E-state index in [2.05, 4.69) is 241 Å². The van der Waals surface area contributed by atoms with Crippen molar-refractivity contribution in [3.63, 3.8) is 0 Å². The second kappa shape index (κ2) is 15.7. The predicted octanol–water partition coefficient (Wildman–Crippen LogP) is 18.2. The minimum absolute atomic E-state index is 1.10. The average molecular weight is 838 g/mol. The number of hydrogen-bond acceptors (Lipinski definition) is 3. The molecule has 0 saturated carbocycles. The van der Waals surface area contributed by atoms with E-state index in [1.165, 1.54) is 96.0 Å². The van der Waals surface area contributed by atoms with Crippen molar-refractivity contribution < 1.29 is 0 Å². The zero-order valence-corrected chi connectivity index (χ0v) is 35.9. The van der Waals surface area contributed by atoms with Gasteiger partial charge in [0.1, 0.15) is 0 Å². The van der Waals surface area contributed by atoms with E-state index in [0.29, 0.717) is 0 Å². The molecule has 0 aliphatic carbocycles. The lowest BCUT2D eigenvalue weighted by molar-refractivity contribution is 1.28. The van der Waals surface area contributed by atoms with Crippen LogP contribution < -0.4 is 4.90 Å². The van der Waals surface area contributed by atoms with Crippen LogP contribution in [0.4, 0.5) is 17.1 Å². The SMILES string of the molecule is c1ccc(-c2cc(-c3ccccc3)cc(-c3ccc(N(c4ccc(-c5ccc6sc7ccccc7c6c5)cc4)c4ccc(-c5cccc6c5sc5ccccc56)cc4)cc3)c2)cc1. The van der Waals surface area contributed by atoms with Gasteiger partial charge in [-0.15, -0.1) is 22.7 Å². The Hall–Kier alpha value is -7.56. The second-order valence-corrected chi connectivity index (χ2v) is 18.2. The summed E-state index contributed by atoms with van der Waals surface area (Å²) in [5, 5.41) is 5.27. The summed E-state index contributed by atoms with van der Waals surface area (Å²) in [7, 11) is 0. The number of hydrogen-bond donors (Lipinski definition) is 0. The van der Waals surface area contributed by atoms with Gasteiger partial charge in [-0.1, -0.05) is 158 Å². The van der Waals surface area contributed by atoms with Crippen LogP contribution in [0.2, 0.25) is 0 Å². The maximum Gasteiger partial charge on any atom is 0.0462 e. The van der Waals surface area contributed by atoms with E-state index in [0.717, 1.165) is 17.1 Å². The van der Waals surface area contributed by atoms with Crippen molar-refractivity contribution in [1.29, 1.82) is 0 Å². The molecule has 2 aromatic heterocycles. The third kappa shape index (κ3) is 6.89. The van der Waals surface area contributed by atoms with Crippen molar-refractivity contribution in [3.8, 4) is 55.6 Å². The molecule has 0 amide bonds. The Morgan fingerprint density at radius 3 is 1.22 bits per heavy atom. The van der Waals surface area contributed by atoms with Gasteiger partial charge < -0.3 is 4.90 Å². The molecule has 3 heteroatoms. The normalized spacial score (nSPS) is 11.5.